The molecule has 0 aliphatic heterocycles. The number of halogens is 2. The highest BCUT2D eigenvalue weighted by Gasteiger charge is 2.23. The van der Waals surface area contributed by atoms with Gasteiger partial charge < -0.3 is 10.1 Å². The number of hydrogen-bond donors (Lipinski definition) is 1. The summed E-state index contributed by atoms with van der Waals surface area (Å²) in [5, 5.41) is 13.0. The molecule has 1 heterocycles. The topological polar surface area (TPSA) is 69.0 Å². The number of benzene rings is 2. The van der Waals surface area contributed by atoms with Gasteiger partial charge in [-0.25, -0.2) is 0 Å². The van der Waals surface area contributed by atoms with E-state index in [2.05, 4.69) is 15.5 Å². The number of methoxy groups -OCH3 is 1. The van der Waals surface area contributed by atoms with Crippen LogP contribution in [0.5, 0.6) is 5.75 Å². The molecule has 1 unspecified atom stereocenters. The van der Waals surface area contributed by atoms with Gasteiger partial charge >= 0.3 is 0 Å². The van der Waals surface area contributed by atoms with Gasteiger partial charge in [0.15, 0.2) is 11.0 Å². The number of aromatic nitrogens is 3. The van der Waals surface area contributed by atoms with Crippen molar-refractivity contribution in [3.63, 3.8) is 0 Å². The zero-order valence-electron chi connectivity index (χ0n) is 16.9. The van der Waals surface area contributed by atoms with Gasteiger partial charge in [0.1, 0.15) is 5.75 Å². The Kier molecular flexibility index (Phi) is 7.64. The molecule has 1 N–H and O–H groups in total. The van der Waals surface area contributed by atoms with Gasteiger partial charge in [0.2, 0.25) is 5.91 Å². The third-order valence-electron chi connectivity index (χ3n) is 4.30. The van der Waals surface area contributed by atoms with E-state index in [-0.39, 0.29) is 11.2 Å². The molecule has 158 valence electrons. The van der Waals surface area contributed by atoms with Crippen LogP contribution in [0.2, 0.25) is 10.0 Å². The van der Waals surface area contributed by atoms with Gasteiger partial charge in [-0.1, -0.05) is 54.0 Å². The largest absolute Gasteiger partial charge is 0.495 e. The molecule has 2 aromatic carbocycles. The van der Waals surface area contributed by atoms with Gasteiger partial charge in [0.25, 0.3) is 0 Å². The van der Waals surface area contributed by atoms with E-state index in [0.717, 1.165) is 12.0 Å². The lowest BCUT2D eigenvalue weighted by Gasteiger charge is -2.16. The van der Waals surface area contributed by atoms with Crippen LogP contribution >= 0.6 is 35.0 Å². The summed E-state index contributed by atoms with van der Waals surface area (Å²) in [4.78, 5) is 12.4. The molecule has 0 radical (unpaired) electrons. The van der Waals surface area contributed by atoms with Crippen molar-refractivity contribution in [2.75, 3.05) is 13.7 Å². The van der Waals surface area contributed by atoms with Gasteiger partial charge in [-0.05, 0) is 43.7 Å². The zero-order chi connectivity index (χ0) is 21.7. The minimum absolute atomic E-state index is 0.0567. The predicted octanol–water partition coefficient (Wildman–Crippen LogP) is 5.26. The van der Waals surface area contributed by atoms with Crippen LogP contribution in [0.3, 0.4) is 0 Å². The third-order valence-corrected chi connectivity index (χ3v) is 5.81. The smallest absolute Gasteiger partial charge is 0.233 e. The monoisotopic (exact) mass is 464 g/mol. The molecule has 30 heavy (non-hydrogen) atoms. The molecular weight excluding hydrogens is 443 g/mol. The van der Waals surface area contributed by atoms with Gasteiger partial charge in [0.05, 0.1) is 18.0 Å². The Morgan fingerprint density at radius 2 is 1.97 bits per heavy atom. The fraction of sp³-hybridized carbons (Fsp3) is 0.286. The number of rotatable bonds is 8. The summed E-state index contributed by atoms with van der Waals surface area (Å²) < 4.78 is 7.39. The molecule has 3 aromatic rings. The molecular formula is C21H22Cl2N4O2S. The minimum atomic E-state index is -0.364. The first-order valence-corrected chi connectivity index (χ1v) is 11.1. The lowest BCUT2D eigenvalue weighted by atomic mass is 10.2. The summed E-state index contributed by atoms with van der Waals surface area (Å²) in [6, 6.07) is 12.7. The van der Waals surface area contributed by atoms with Crippen molar-refractivity contribution in [3.05, 3.63) is 52.5 Å². The first kappa shape index (κ1) is 22.5. The Morgan fingerprint density at radius 1 is 1.20 bits per heavy atom. The van der Waals surface area contributed by atoms with Crippen LogP contribution in [-0.2, 0) is 4.79 Å². The molecule has 1 aromatic heterocycles. The minimum Gasteiger partial charge on any atom is -0.495 e. The predicted molar refractivity (Wildman–Crippen MR) is 122 cm³/mol. The molecule has 0 fully saturated rings. The number of ether oxygens (including phenoxy) is 1. The van der Waals surface area contributed by atoms with Gasteiger partial charge in [-0.15, -0.1) is 10.2 Å². The van der Waals surface area contributed by atoms with Crippen LogP contribution < -0.4 is 10.1 Å². The standard InChI is InChI=1S/C21H22Cl2N4O2S/c1-4-10-24-20(28)13(2)30-21-26-25-19(14-6-5-7-15(22)11-14)27(21)17-12-16(23)8-9-18(17)29-3/h5-9,11-13H,4,10H2,1-3H3,(H,24,28). The zero-order valence-corrected chi connectivity index (χ0v) is 19.2. The van der Waals surface area contributed by atoms with E-state index in [0.29, 0.717) is 39.0 Å². The van der Waals surface area contributed by atoms with Crippen LogP contribution in [0.1, 0.15) is 20.3 Å². The summed E-state index contributed by atoms with van der Waals surface area (Å²) in [7, 11) is 1.59. The normalized spacial score (nSPS) is 11.9. The van der Waals surface area contributed by atoms with E-state index < -0.39 is 0 Å². The van der Waals surface area contributed by atoms with Crippen molar-refractivity contribution >= 4 is 40.9 Å². The van der Waals surface area contributed by atoms with Crippen LogP contribution in [-0.4, -0.2) is 39.6 Å². The number of nitrogens with one attached hydrogen (secondary N) is 1. The SMILES string of the molecule is CCCNC(=O)C(C)Sc1nnc(-c2cccc(Cl)c2)n1-c1cc(Cl)ccc1OC. The average molecular weight is 465 g/mol. The third kappa shape index (κ3) is 5.09. The second-order valence-corrected chi connectivity index (χ2v) is 8.70. The summed E-state index contributed by atoms with van der Waals surface area (Å²) in [6.45, 7) is 4.48. The highest BCUT2D eigenvalue weighted by atomic mass is 35.5. The number of carbonyl (C=O) groups is 1. The molecule has 0 saturated carbocycles. The molecule has 0 bridgehead atoms. The van der Waals surface area contributed by atoms with Crippen LogP contribution in [0.15, 0.2) is 47.6 Å². The fourth-order valence-corrected chi connectivity index (χ4v) is 4.06. The summed E-state index contributed by atoms with van der Waals surface area (Å²) >= 11 is 13.8. The maximum absolute atomic E-state index is 12.4. The number of amides is 1. The molecule has 0 spiro atoms. The Hall–Kier alpha value is -2.22. The van der Waals surface area contributed by atoms with E-state index >= 15 is 0 Å². The van der Waals surface area contributed by atoms with Crippen LogP contribution in [0.25, 0.3) is 17.1 Å². The van der Waals surface area contributed by atoms with E-state index in [4.69, 9.17) is 27.9 Å². The van der Waals surface area contributed by atoms with Crippen LogP contribution in [0.4, 0.5) is 0 Å². The first-order chi connectivity index (χ1) is 14.4. The average Bonchev–Trinajstić information content (AvgIpc) is 3.15. The Balaban J connectivity index is 2.10. The molecule has 9 heteroatoms. The van der Waals surface area contributed by atoms with Crippen molar-refractivity contribution in [1.29, 1.82) is 0 Å². The lowest BCUT2D eigenvalue weighted by molar-refractivity contribution is -0.120. The molecule has 1 amide bonds. The summed E-state index contributed by atoms with van der Waals surface area (Å²) in [5.41, 5.74) is 1.46. The molecule has 6 nitrogen and oxygen atoms in total. The number of nitrogens with zero attached hydrogens (tertiary/aromatic N) is 3. The molecule has 1 atom stereocenters. The van der Waals surface area contributed by atoms with Gasteiger partial charge in [-0.2, -0.15) is 0 Å². The maximum atomic E-state index is 12.4. The lowest BCUT2D eigenvalue weighted by Crippen LogP contribution is -2.31. The summed E-state index contributed by atoms with van der Waals surface area (Å²) in [5.74, 6) is 1.12. The molecule has 0 aliphatic rings. The van der Waals surface area contributed by atoms with E-state index in [1.54, 1.807) is 31.4 Å². The molecule has 0 saturated heterocycles. The Bertz CT molecular complexity index is 1040. The van der Waals surface area contributed by atoms with Crippen molar-refractivity contribution < 1.29 is 9.53 Å². The second kappa shape index (κ2) is 10.2. The van der Waals surface area contributed by atoms with Crippen molar-refractivity contribution in [3.8, 4) is 22.8 Å². The summed E-state index contributed by atoms with van der Waals surface area (Å²) in [6.07, 6.45) is 0.873. The van der Waals surface area contributed by atoms with Gasteiger partial charge in [-0.3, -0.25) is 9.36 Å². The Morgan fingerprint density at radius 3 is 2.67 bits per heavy atom. The maximum Gasteiger partial charge on any atom is 0.233 e. The number of hydrogen-bond acceptors (Lipinski definition) is 5. The Labute approximate surface area is 189 Å². The second-order valence-electron chi connectivity index (χ2n) is 6.52. The van der Waals surface area contributed by atoms with Gasteiger partial charge in [0, 0.05) is 22.2 Å². The number of carbonyl (C=O) groups excluding carboxylic acids is 1. The van der Waals surface area contributed by atoms with Crippen molar-refractivity contribution in [2.24, 2.45) is 0 Å². The van der Waals surface area contributed by atoms with E-state index in [9.17, 15) is 4.79 Å². The first-order valence-electron chi connectivity index (χ1n) is 9.44. The molecule has 3 rings (SSSR count). The number of thioether (sulfide) groups is 1. The quantitative estimate of drug-likeness (QED) is 0.460. The van der Waals surface area contributed by atoms with Crippen LogP contribution in [0, 0.1) is 0 Å². The van der Waals surface area contributed by atoms with E-state index in [1.807, 2.05) is 36.6 Å². The highest BCUT2D eigenvalue weighted by Crippen LogP contribution is 2.35. The van der Waals surface area contributed by atoms with E-state index in [1.165, 1.54) is 11.8 Å². The van der Waals surface area contributed by atoms with Crippen molar-refractivity contribution in [1.82, 2.24) is 20.1 Å². The van der Waals surface area contributed by atoms with Crippen molar-refractivity contribution in [2.45, 2.75) is 30.7 Å². The fourth-order valence-electron chi connectivity index (χ4n) is 2.82. The molecule has 0 aliphatic carbocycles. The highest BCUT2D eigenvalue weighted by molar-refractivity contribution is 8.00.